The molecular weight excluding hydrogens is 458 g/mol. The molecule has 0 saturated carbocycles. The fourth-order valence-corrected chi connectivity index (χ4v) is 4.93. The van der Waals surface area contributed by atoms with Gasteiger partial charge in [-0.25, -0.2) is 24.3 Å². The molecule has 11 heteroatoms. The van der Waals surface area contributed by atoms with Gasteiger partial charge in [-0.05, 0) is 32.8 Å². The maximum atomic E-state index is 13.9. The summed E-state index contributed by atoms with van der Waals surface area (Å²) in [4.78, 5) is 43.4. The summed E-state index contributed by atoms with van der Waals surface area (Å²) >= 11 is 0. The highest BCUT2D eigenvalue weighted by molar-refractivity contribution is 5.80. The van der Waals surface area contributed by atoms with Gasteiger partial charge in [0.1, 0.15) is 12.1 Å². The fourth-order valence-electron chi connectivity index (χ4n) is 4.93. The van der Waals surface area contributed by atoms with Gasteiger partial charge in [0.2, 0.25) is 5.95 Å². The van der Waals surface area contributed by atoms with E-state index in [4.69, 9.17) is 11.5 Å². The summed E-state index contributed by atoms with van der Waals surface area (Å²) < 4.78 is 4.35. The lowest BCUT2D eigenvalue weighted by Gasteiger charge is -2.31. The van der Waals surface area contributed by atoms with Gasteiger partial charge in [0.15, 0.2) is 11.3 Å². The molecule has 11 nitrogen and oxygen atoms in total. The Labute approximate surface area is 207 Å². The third kappa shape index (κ3) is 4.10. The van der Waals surface area contributed by atoms with E-state index < -0.39 is 5.56 Å². The number of nitrogens with zero attached hydrogens (tertiary/aromatic N) is 7. The van der Waals surface area contributed by atoms with E-state index in [1.165, 1.54) is 9.36 Å². The number of hydrogen-bond donors (Lipinski definition) is 2. The standard InChI is InChI=1S/C25H31N9O2/c1-3-4-12-32-22-21(30-25(32)31-11-7-8-17(27)13-31)23(35)34(15-26)33(24(22)36)14-20-28-16(2)18-9-5-6-10-19(18)29-20/h3-6,9-10,17H,7-8,11-15,26-27H2,1-2H3/b4-3+. The molecule has 0 radical (unpaired) electrons. The maximum Gasteiger partial charge on any atom is 0.294 e. The van der Waals surface area contributed by atoms with Crippen LogP contribution in [0.5, 0.6) is 0 Å². The summed E-state index contributed by atoms with van der Waals surface area (Å²) in [6, 6.07) is 7.70. The highest BCUT2D eigenvalue weighted by Crippen LogP contribution is 2.22. The molecule has 36 heavy (non-hydrogen) atoms. The molecule has 1 aromatic carbocycles. The summed E-state index contributed by atoms with van der Waals surface area (Å²) in [7, 11) is 0. The van der Waals surface area contributed by atoms with Crippen molar-refractivity contribution in [2.24, 2.45) is 11.5 Å². The van der Waals surface area contributed by atoms with Gasteiger partial charge in [-0.2, -0.15) is 0 Å². The lowest BCUT2D eigenvalue weighted by atomic mass is 10.1. The van der Waals surface area contributed by atoms with Gasteiger partial charge in [0.25, 0.3) is 11.1 Å². The summed E-state index contributed by atoms with van der Waals surface area (Å²) in [5, 5.41) is 0.939. The summed E-state index contributed by atoms with van der Waals surface area (Å²) in [6.07, 6.45) is 5.69. The van der Waals surface area contributed by atoms with Crippen molar-refractivity contribution >= 4 is 27.9 Å². The monoisotopic (exact) mass is 489 g/mol. The third-order valence-corrected chi connectivity index (χ3v) is 6.68. The first-order valence-electron chi connectivity index (χ1n) is 12.2. The van der Waals surface area contributed by atoms with Crippen molar-refractivity contribution in [2.45, 2.75) is 52.5 Å². The zero-order valence-electron chi connectivity index (χ0n) is 20.6. The van der Waals surface area contributed by atoms with Crippen molar-refractivity contribution in [3.63, 3.8) is 0 Å². The van der Waals surface area contributed by atoms with Crippen molar-refractivity contribution in [3.05, 3.63) is 68.6 Å². The zero-order valence-corrected chi connectivity index (χ0v) is 20.6. The molecule has 0 aliphatic carbocycles. The Bertz CT molecular complexity index is 1580. The molecule has 4 N–H and O–H groups in total. The van der Waals surface area contributed by atoms with Crippen LogP contribution in [0.25, 0.3) is 21.9 Å². The van der Waals surface area contributed by atoms with Gasteiger partial charge in [0, 0.05) is 36.8 Å². The number of benzene rings is 1. The average molecular weight is 490 g/mol. The topological polar surface area (TPSA) is 143 Å². The molecular formula is C25H31N9O2. The Morgan fingerprint density at radius 3 is 2.67 bits per heavy atom. The fraction of sp³-hybridized carbons (Fsp3) is 0.400. The Morgan fingerprint density at radius 1 is 1.11 bits per heavy atom. The molecule has 3 aromatic heterocycles. The second-order valence-electron chi connectivity index (χ2n) is 9.13. The first-order chi connectivity index (χ1) is 17.4. The molecule has 5 rings (SSSR count). The van der Waals surface area contributed by atoms with E-state index in [-0.39, 0.29) is 35.8 Å². The van der Waals surface area contributed by atoms with E-state index in [9.17, 15) is 9.59 Å². The molecule has 4 heterocycles. The summed E-state index contributed by atoms with van der Waals surface area (Å²) in [5.74, 6) is 1.00. The Balaban J connectivity index is 1.71. The smallest absolute Gasteiger partial charge is 0.294 e. The summed E-state index contributed by atoms with van der Waals surface area (Å²) in [5.41, 5.74) is 13.3. The number of rotatable bonds is 6. The molecule has 188 valence electrons. The van der Waals surface area contributed by atoms with Gasteiger partial charge in [-0.3, -0.25) is 9.59 Å². The number of piperidine rings is 1. The van der Waals surface area contributed by atoms with Crippen LogP contribution in [0.15, 0.2) is 46.0 Å². The lowest BCUT2D eigenvalue weighted by molar-refractivity contribution is 0.442. The van der Waals surface area contributed by atoms with E-state index in [0.717, 1.165) is 36.0 Å². The first kappa shape index (κ1) is 23.9. The molecule has 1 unspecified atom stereocenters. The predicted molar refractivity (Wildman–Crippen MR) is 140 cm³/mol. The van der Waals surface area contributed by atoms with Crippen LogP contribution < -0.4 is 27.5 Å². The predicted octanol–water partition coefficient (Wildman–Crippen LogP) is 1.08. The van der Waals surface area contributed by atoms with Gasteiger partial charge in [-0.15, -0.1) is 0 Å². The number of anilines is 1. The first-order valence-corrected chi connectivity index (χ1v) is 12.2. The number of aromatic nitrogens is 6. The van der Waals surface area contributed by atoms with E-state index in [0.29, 0.717) is 24.9 Å². The highest BCUT2D eigenvalue weighted by atomic mass is 16.2. The summed E-state index contributed by atoms with van der Waals surface area (Å²) in [6.45, 7) is 5.42. The van der Waals surface area contributed by atoms with E-state index in [1.807, 2.05) is 50.3 Å². The quantitative estimate of drug-likeness (QED) is 0.383. The van der Waals surface area contributed by atoms with Gasteiger partial charge in [0.05, 0.1) is 12.2 Å². The van der Waals surface area contributed by atoms with Gasteiger partial charge < -0.3 is 20.9 Å². The Hall–Kier alpha value is -3.83. The molecule has 4 aromatic rings. The molecule has 1 fully saturated rings. The van der Waals surface area contributed by atoms with Gasteiger partial charge in [-0.1, -0.05) is 30.4 Å². The van der Waals surface area contributed by atoms with Crippen LogP contribution in [-0.2, 0) is 19.8 Å². The molecule has 0 bridgehead atoms. The van der Waals surface area contributed by atoms with Crippen LogP contribution in [0.1, 0.15) is 31.3 Å². The number of fused-ring (bicyclic) bond motifs is 2. The maximum absolute atomic E-state index is 13.9. The minimum Gasteiger partial charge on any atom is -0.341 e. The second kappa shape index (κ2) is 9.67. The Kier molecular flexibility index (Phi) is 6.42. The van der Waals surface area contributed by atoms with Crippen molar-refractivity contribution < 1.29 is 0 Å². The minimum atomic E-state index is -0.425. The average Bonchev–Trinajstić information content (AvgIpc) is 3.26. The van der Waals surface area contributed by atoms with Crippen LogP contribution in [0, 0.1) is 6.92 Å². The number of hydrogen-bond acceptors (Lipinski definition) is 8. The number of allylic oxidation sites excluding steroid dienone is 2. The van der Waals surface area contributed by atoms with Crippen molar-refractivity contribution in [1.82, 2.24) is 28.9 Å². The largest absolute Gasteiger partial charge is 0.341 e. The molecule has 1 atom stereocenters. The highest BCUT2D eigenvalue weighted by Gasteiger charge is 2.26. The molecule has 1 aliphatic rings. The number of aryl methyl sites for hydroxylation is 1. The minimum absolute atomic E-state index is 0.00556. The van der Waals surface area contributed by atoms with E-state index in [1.54, 1.807) is 4.57 Å². The van der Waals surface area contributed by atoms with E-state index in [2.05, 4.69) is 19.9 Å². The van der Waals surface area contributed by atoms with Crippen molar-refractivity contribution in [1.29, 1.82) is 0 Å². The number of imidazole rings is 1. The van der Waals surface area contributed by atoms with Crippen LogP contribution >= 0.6 is 0 Å². The third-order valence-electron chi connectivity index (χ3n) is 6.68. The number of para-hydroxylation sites is 1. The molecule has 0 amide bonds. The normalized spacial score (nSPS) is 16.6. The van der Waals surface area contributed by atoms with Crippen molar-refractivity contribution in [2.75, 3.05) is 18.0 Å². The SMILES string of the molecule is C/C=C/Cn1c(N2CCCC(N)C2)nc2c(=O)n(CN)n(Cc3nc(C)c4ccccc4n3)c(=O)c21. The van der Waals surface area contributed by atoms with Crippen LogP contribution in [0.2, 0.25) is 0 Å². The van der Waals surface area contributed by atoms with Crippen LogP contribution in [0.4, 0.5) is 5.95 Å². The zero-order chi connectivity index (χ0) is 25.4. The van der Waals surface area contributed by atoms with Crippen LogP contribution in [0.3, 0.4) is 0 Å². The van der Waals surface area contributed by atoms with Crippen molar-refractivity contribution in [3.8, 4) is 0 Å². The van der Waals surface area contributed by atoms with E-state index >= 15 is 0 Å². The lowest BCUT2D eigenvalue weighted by Crippen LogP contribution is -2.44. The number of nitrogens with two attached hydrogens (primary N) is 2. The van der Waals surface area contributed by atoms with Gasteiger partial charge >= 0.3 is 0 Å². The second-order valence-corrected chi connectivity index (χ2v) is 9.13. The van der Waals surface area contributed by atoms with Crippen LogP contribution in [-0.4, -0.2) is 48.0 Å². The molecule has 0 spiro atoms. The molecule has 1 aliphatic heterocycles. The Morgan fingerprint density at radius 2 is 1.92 bits per heavy atom. The molecule has 1 saturated heterocycles.